The summed E-state index contributed by atoms with van der Waals surface area (Å²) in [6, 6.07) is 2.37. The van der Waals surface area contributed by atoms with Crippen molar-refractivity contribution in [3.63, 3.8) is 0 Å². The molecule has 0 aromatic carbocycles. The molecule has 1 rings (SSSR count). The van der Waals surface area contributed by atoms with Crippen molar-refractivity contribution in [2.24, 2.45) is 0 Å². The largest absolute Gasteiger partial charge is 0.249 e. The Hall–Kier alpha value is -1.25. The first kappa shape index (κ1) is 6.86. The third kappa shape index (κ3) is 1.18. The van der Waals surface area contributed by atoms with Crippen LogP contribution in [0.3, 0.4) is 0 Å². The van der Waals surface area contributed by atoms with E-state index < -0.39 is 11.8 Å². The zero-order chi connectivity index (χ0) is 7.56. The van der Waals surface area contributed by atoms with Crippen LogP contribution < -0.4 is 0 Å². The van der Waals surface area contributed by atoms with Gasteiger partial charge < -0.3 is 0 Å². The lowest BCUT2D eigenvalue weighted by atomic mass is 10.3. The number of rotatable bonds is 1. The molecule has 10 heavy (non-hydrogen) atoms. The first-order valence-electron chi connectivity index (χ1n) is 2.68. The maximum atomic E-state index is 12.2. The van der Waals surface area contributed by atoms with Crippen LogP contribution in [0, 0.1) is 11.8 Å². The van der Waals surface area contributed by atoms with Gasteiger partial charge in [-0.3, -0.25) is 0 Å². The second-order valence-corrected chi connectivity index (χ2v) is 1.71. The third-order valence-corrected chi connectivity index (χ3v) is 1.03. The summed E-state index contributed by atoms with van der Waals surface area (Å²) in [5, 5.41) is 0. The highest BCUT2D eigenvalue weighted by Gasteiger charge is 2.00. The molecule has 1 heterocycles. The average molecular weight is 141 g/mol. The standard InChI is InChI=1S/C7H5F2N/c1-2-5-3-4-6(8)7(9)10-5/h2-4H,1H2. The van der Waals surface area contributed by atoms with Gasteiger partial charge in [0.05, 0.1) is 5.69 Å². The Morgan fingerprint density at radius 1 is 1.40 bits per heavy atom. The number of nitrogens with zero attached hydrogens (tertiary/aromatic N) is 1. The van der Waals surface area contributed by atoms with Crippen LogP contribution in [0.25, 0.3) is 6.08 Å². The van der Waals surface area contributed by atoms with E-state index >= 15 is 0 Å². The third-order valence-electron chi connectivity index (χ3n) is 1.03. The maximum absolute atomic E-state index is 12.2. The lowest BCUT2D eigenvalue weighted by Gasteiger charge is -1.91. The van der Waals surface area contributed by atoms with Gasteiger partial charge in [-0.25, -0.2) is 9.37 Å². The van der Waals surface area contributed by atoms with E-state index in [1.807, 2.05) is 0 Å². The summed E-state index contributed by atoms with van der Waals surface area (Å²) in [7, 11) is 0. The summed E-state index contributed by atoms with van der Waals surface area (Å²) in [5.74, 6) is -2.02. The molecule has 0 radical (unpaired) electrons. The molecule has 0 aliphatic rings. The molecule has 0 atom stereocenters. The normalized spacial score (nSPS) is 9.40. The van der Waals surface area contributed by atoms with Crippen LogP contribution in [-0.2, 0) is 0 Å². The molecule has 0 aliphatic heterocycles. The van der Waals surface area contributed by atoms with Gasteiger partial charge in [0.2, 0.25) is 5.95 Å². The average Bonchev–Trinajstić information content (AvgIpc) is 1.95. The van der Waals surface area contributed by atoms with Crippen molar-refractivity contribution in [2.75, 3.05) is 0 Å². The second kappa shape index (κ2) is 2.56. The van der Waals surface area contributed by atoms with Crippen LogP contribution in [0.5, 0.6) is 0 Å². The molecule has 1 aromatic rings. The van der Waals surface area contributed by atoms with E-state index in [2.05, 4.69) is 11.6 Å². The molecule has 0 N–H and O–H groups in total. The molecule has 0 amide bonds. The van der Waals surface area contributed by atoms with Crippen LogP contribution >= 0.6 is 0 Å². The SMILES string of the molecule is C=Cc1ccc(F)c(F)n1. The molecule has 0 saturated heterocycles. The Labute approximate surface area is 57.0 Å². The fourth-order valence-corrected chi connectivity index (χ4v) is 0.545. The monoisotopic (exact) mass is 141 g/mol. The molecule has 0 fully saturated rings. The molecule has 1 nitrogen and oxygen atoms in total. The van der Waals surface area contributed by atoms with Crippen molar-refractivity contribution in [2.45, 2.75) is 0 Å². The van der Waals surface area contributed by atoms with Gasteiger partial charge in [-0.05, 0) is 18.2 Å². The number of aromatic nitrogens is 1. The van der Waals surface area contributed by atoms with Crippen molar-refractivity contribution in [1.29, 1.82) is 0 Å². The molecule has 1 aromatic heterocycles. The number of halogens is 2. The second-order valence-electron chi connectivity index (χ2n) is 1.71. The van der Waals surface area contributed by atoms with Crippen molar-refractivity contribution in [1.82, 2.24) is 4.98 Å². The van der Waals surface area contributed by atoms with Crippen LogP contribution in [0.15, 0.2) is 18.7 Å². The minimum absolute atomic E-state index is 0.332. The molecule has 0 aliphatic carbocycles. The topological polar surface area (TPSA) is 12.9 Å². The molecule has 52 valence electrons. The lowest BCUT2D eigenvalue weighted by molar-refractivity contribution is 0.478. The number of hydrogen-bond donors (Lipinski definition) is 0. The number of pyridine rings is 1. The van der Waals surface area contributed by atoms with Crippen LogP contribution in [-0.4, -0.2) is 4.98 Å². The highest BCUT2D eigenvalue weighted by atomic mass is 19.2. The highest BCUT2D eigenvalue weighted by molar-refractivity contribution is 5.40. The van der Waals surface area contributed by atoms with E-state index in [9.17, 15) is 8.78 Å². The number of hydrogen-bond acceptors (Lipinski definition) is 1. The summed E-state index contributed by atoms with van der Waals surface area (Å²) in [6.45, 7) is 3.35. The molecule has 0 bridgehead atoms. The zero-order valence-corrected chi connectivity index (χ0v) is 5.14. The van der Waals surface area contributed by atoms with Gasteiger partial charge >= 0.3 is 0 Å². The minimum Gasteiger partial charge on any atom is -0.218 e. The van der Waals surface area contributed by atoms with Gasteiger partial charge in [0.1, 0.15) is 0 Å². The fraction of sp³-hybridized carbons (Fsp3) is 0. The van der Waals surface area contributed by atoms with Crippen molar-refractivity contribution >= 4 is 6.08 Å². The van der Waals surface area contributed by atoms with Gasteiger partial charge in [0.25, 0.3) is 0 Å². The summed E-state index contributed by atoms with van der Waals surface area (Å²) in [6.07, 6.45) is 1.35. The molecule has 0 saturated carbocycles. The Morgan fingerprint density at radius 2 is 2.10 bits per heavy atom. The van der Waals surface area contributed by atoms with E-state index in [4.69, 9.17) is 0 Å². The first-order valence-corrected chi connectivity index (χ1v) is 2.68. The molecular weight excluding hydrogens is 136 g/mol. The van der Waals surface area contributed by atoms with Crippen LogP contribution in [0.2, 0.25) is 0 Å². The van der Waals surface area contributed by atoms with Crippen LogP contribution in [0.4, 0.5) is 8.78 Å². The van der Waals surface area contributed by atoms with Gasteiger partial charge in [0, 0.05) is 0 Å². The predicted octanol–water partition coefficient (Wildman–Crippen LogP) is 2.00. The Balaban J connectivity index is 3.16. The van der Waals surface area contributed by atoms with Crippen molar-refractivity contribution in [3.8, 4) is 0 Å². The minimum atomic E-state index is -1.09. The van der Waals surface area contributed by atoms with Crippen molar-refractivity contribution in [3.05, 3.63) is 36.2 Å². The van der Waals surface area contributed by atoms with E-state index in [1.165, 1.54) is 12.1 Å². The summed E-state index contributed by atoms with van der Waals surface area (Å²) >= 11 is 0. The molecule has 3 heteroatoms. The fourth-order valence-electron chi connectivity index (χ4n) is 0.545. The van der Waals surface area contributed by atoms with E-state index in [0.717, 1.165) is 6.07 Å². The summed E-state index contributed by atoms with van der Waals surface area (Å²) in [5.41, 5.74) is 0.332. The Bertz CT molecular complexity index is 258. The lowest BCUT2D eigenvalue weighted by Crippen LogP contribution is -1.90. The maximum Gasteiger partial charge on any atom is 0.249 e. The van der Waals surface area contributed by atoms with Gasteiger partial charge in [-0.15, -0.1) is 0 Å². The highest BCUT2D eigenvalue weighted by Crippen LogP contribution is 2.03. The molecule has 0 unspecified atom stereocenters. The van der Waals surface area contributed by atoms with E-state index in [0.29, 0.717) is 5.69 Å². The zero-order valence-electron chi connectivity index (χ0n) is 5.14. The van der Waals surface area contributed by atoms with Crippen molar-refractivity contribution < 1.29 is 8.78 Å². The van der Waals surface area contributed by atoms with Gasteiger partial charge in [0.15, 0.2) is 5.82 Å². The summed E-state index contributed by atoms with van der Waals surface area (Å²) in [4.78, 5) is 3.23. The Kier molecular flexibility index (Phi) is 1.76. The van der Waals surface area contributed by atoms with Gasteiger partial charge in [-0.2, -0.15) is 4.39 Å². The first-order chi connectivity index (χ1) is 4.74. The predicted molar refractivity (Wildman–Crippen MR) is 34.2 cm³/mol. The van der Waals surface area contributed by atoms with E-state index in [-0.39, 0.29) is 0 Å². The Morgan fingerprint density at radius 3 is 2.60 bits per heavy atom. The van der Waals surface area contributed by atoms with Crippen LogP contribution in [0.1, 0.15) is 5.69 Å². The van der Waals surface area contributed by atoms with E-state index in [1.54, 1.807) is 0 Å². The quantitative estimate of drug-likeness (QED) is 0.545. The smallest absolute Gasteiger partial charge is 0.218 e. The molecule has 0 spiro atoms. The van der Waals surface area contributed by atoms with Gasteiger partial charge in [-0.1, -0.05) is 6.58 Å². The molecular formula is C7H5F2N. The summed E-state index contributed by atoms with van der Waals surface area (Å²) < 4.78 is 24.4.